The number of hydrogen-bond donors (Lipinski definition) is 2. The fourth-order valence-corrected chi connectivity index (χ4v) is 3.54. The molecule has 0 spiro atoms. The Kier molecular flexibility index (Phi) is 7.14. The molecular weight excluding hydrogens is 428 g/mol. The van der Waals surface area contributed by atoms with Crippen molar-refractivity contribution in [2.24, 2.45) is 0 Å². The molecule has 4 amide bonds. The van der Waals surface area contributed by atoms with Gasteiger partial charge in [-0.3, -0.25) is 24.1 Å². The van der Waals surface area contributed by atoms with Crippen LogP contribution in [-0.4, -0.2) is 47.5 Å². The molecule has 0 unspecified atom stereocenters. The number of carbonyl (C=O) groups is 4. The topological polar surface area (TPSA) is 95.6 Å². The number of amides is 4. The normalized spacial score (nSPS) is 14.8. The number of imide groups is 1. The second-order valence-corrected chi connectivity index (χ2v) is 7.39. The molecular formula is C21H17F2N3O4S. The maximum atomic E-state index is 13.5. The van der Waals surface area contributed by atoms with Crippen LogP contribution in [0, 0.1) is 11.6 Å². The zero-order chi connectivity index (χ0) is 22.4. The van der Waals surface area contributed by atoms with Gasteiger partial charge < -0.3 is 10.6 Å². The number of rotatable bonds is 7. The minimum atomic E-state index is -0.731. The molecule has 3 rings (SSSR count). The van der Waals surface area contributed by atoms with Crippen molar-refractivity contribution in [3.8, 4) is 0 Å². The predicted octanol–water partition coefficient (Wildman–Crippen LogP) is 2.55. The number of benzene rings is 2. The lowest BCUT2D eigenvalue weighted by Gasteiger charge is -2.13. The number of carbonyl (C=O) groups excluding carboxylic acids is 4. The van der Waals surface area contributed by atoms with E-state index in [0.29, 0.717) is 5.56 Å². The second kappa shape index (κ2) is 9.98. The van der Waals surface area contributed by atoms with Gasteiger partial charge in [0, 0.05) is 13.1 Å². The first-order valence-corrected chi connectivity index (χ1v) is 9.97. The van der Waals surface area contributed by atoms with E-state index in [1.54, 1.807) is 0 Å². The van der Waals surface area contributed by atoms with E-state index in [1.165, 1.54) is 48.5 Å². The standard InChI is InChI=1S/C21H17F2N3O4S/c22-14-7-5-13(6-8-14)11-17-20(29)26(21(30)31-17)10-9-24-18(27)12-25-19(28)15-3-1-2-4-16(15)23/h1-8,11H,9-10,12H2,(H,24,27)(H,25,28)/b17-11+. The quantitative estimate of drug-likeness (QED) is 0.639. The summed E-state index contributed by atoms with van der Waals surface area (Å²) in [6.07, 6.45) is 1.49. The van der Waals surface area contributed by atoms with Crippen LogP contribution in [0.3, 0.4) is 0 Å². The summed E-state index contributed by atoms with van der Waals surface area (Å²) in [6.45, 7) is -0.464. The molecule has 1 saturated heterocycles. The van der Waals surface area contributed by atoms with E-state index >= 15 is 0 Å². The Morgan fingerprint density at radius 1 is 1.00 bits per heavy atom. The van der Waals surface area contributed by atoms with Crippen molar-refractivity contribution < 1.29 is 28.0 Å². The zero-order valence-electron chi connectivity index (χ0n) is 16.1. The molecule has 0 aromatic heterocycles. The van der Waals surface area contributed by atoms with Gasteiger partial charge in [0.2, 0.25) is 5.91 Å². The molecule has 0 aliphatic carbocycles. The van der Waals surface area contributed by atoms with Gasteiger partial charge in [0.05, 0.1) is 17.0 Å². The van der Waals surface area contributed by atoms with Crippen molar-refractivity contribution in [1.29, 1.82) is 0 Å². The highest BCUT2D eigenvalue weighted by Crippen LogP contribution is 2.31. The number of halogens is 2. The Morgan fingerprint density at radius 2 is 1.71 bits per heavy atom. The van der Waals surface area contributed by atoms with Crippen LogP contribution in [0.1, 0.15) is 15.9 Å². The highest BCUT2D eigenvalue weighted by molar-refractivity contribution is 8.18. The van der Waals surface area contributed by atoms with Crippen LogP contribution < -0.4 is 10.6 Å². The third kappa shape index (κ3) is 5.76. The molecule has 1 heterocycles. The first-order chi connectivity index (χ1) is 14.8. The van der Waals surface area contributed by atoms with Crippen molar-refractivity contribution in [3.63, 3.8) is 0 Å². The Morgan fingerprint density at radius 3 is 2.42 bits per heavy atom. The van der Waals surface area contributed by atoms with E-state index in [0.717, 1.165) is 22.7 Å². The molecule has 2 aromatic rings. The summed E-state index contributed by atoms with van der Waals surface area (Å²) in [5, 5.41) is 4.29. The van der Waals surface area contributed by atoms with Gasteiger partial charge in [0.1, 0.15) is 11.6 Å². The van der Waals surface area contributed by atoms with Crippen LogP contribution in [0.2, 0.25) is 0 Å². The molecule has 0 bridgehead atoms. The van der Waals surface area contributed by atoms with Crippen LogP contribution >= 0.6 is 11.8 Å². The SMILES string of the molecule is O=C(CNC(=O)c1ccccc1F)NCCN1C(=O)S/C(=C/c2ccc(F)cc2)C1=O. The average molecular weight is 445 g/mol. The van der Waals surface area contributed by atoms with E-state index in [4.69, 9.17) is 0 Å². The fourth-order valence-electron chi connectivity index (χ4n) is 2.67. The lowest BCUT2D eigenvalue weighted by atomic mass is 10.2. The van der Waals surface area contributed by atoms with Crippen molar-refractivity contribution in [1.82, 2.24) is 15.5 Å². The maximum absolute atomic E-state index is 13.5. The zero-order valence-corrected chi connectivity index (χ0v) is 16.9. The number of nitrogens with zero attached hydrogens (tertiary/aromatic N) is 1. The summed E-state index contributed by atoms with van der Waals surface area (Å²) in [7, 11) is 0. The monoisotopic (exact) mass is 445 g/mol. The fraction of sp³-hybridized carbons (Fsp3) is 0.143. The number of hydrogen-bond acceptors (Lipinski definition) is 5. The number of thioether (sulfide) groups is 1. The van der Waals surface area contributed by atoms with Crippen LogP contribution in [0.15, 0.2) is 53.4 Å². The van der Waals surface area contributed by atoms with Gasteiger partial charge in [-0.25, -0.2) is 8.78 Å². The van der Waals surface area contributed by atoms with Crippen LogP contribution in [0.4, 0.5) is 13.6 Å². The molecule has 1 aliphatic rings. The van der Waals surface area contributed by atoms with Gasteiger partial charge in [-0.15, -0.1) is 0 Å². The van der Waals surface area contributed by atoms with Gasteiger partial charge in [-0.1, -0.05) is 24.3 Å². The predicted molar refractivity (Wildman–Crippen MR) is 111 cm³/mol. The highest BCUT2D eigenvalue weighted by atomic mass is 32.2. The lowest BCUT2D eigenvalue weighted by molar-refractivity contribution is -0.124. The van der Waals surface area contributed by atoms with Gasteiger partial charge in [-0.2, -0.15) is 0 Å². The Labute approximate surface area is 180 Å². The van der Waals surface area contributed by atoms with Crippen molar-refractivity contribution in [2.75, 3.05) is 19.6 Å². The lowest BCUT2D eigenvalue weighted by Crippen LogP contribution is -2.41. The molecule has 1 fully saturated rings. The third-order valence-corrected chi connectivity index (χ3v) is 5.13. The minimum Gasteiger partial charge on any atom is -0.353 e. The van der Waals surface area contributed by atoms with Gasteiger partial charge in [0.25, 0.3) is 17.1 Å². The van der Waals surface area contributed by atoms with Crippen LogP contribution in [-0.2, 0) is 9.59 Å². The van der Waals surface area contributed by atoms with Gasteiger partial charge in [0.15, 0.2) is 0 Å². The molecule has 1 aliphatic heterocycles. The van der Waals surface area contributed by atoms with Gasteiger partial charge >= 0.3 is 0 Å². The third-order valence-electron chi connectivity index (χ3n) is 4.23. The molecule has 2 N–H and O–H groups in total. The summed E-state index contributed by atoms with van der Waals surface area (Å²) in [5.74, 6) is -2.91. The molecule has 2 aromatic carbocycles. The average Bonchev–Trinajstić information content (AvgIpc) is 3.01. The summed E-state index contributed by atoms with van der Waals surface area (Å²) in [4.78, 5) is 49.4. The Hall–Kier alpha value is -3.53. The molecule has 7 nitrogen and oxygen atoms in total. The number of nitrogens with one attached hydrogen (secondary N) is 2. The smallest absolute Gasteiger partial charge is 0.293 e. The van der Waals surface area contributed by atoms with E-state index in [1.807, 2.05) is 0 Å². The molecule has 31 heavy (non-hydrogen) atoms. The van der Waals surface area contributed by atoms with E-state index in [2.05, 4.69) is 10.6 Å². The molecule has 0 atom stereocenters. The minimum absolute atomic E-state index is 0.0176. The van der Waals surface area contributed by atoms with E-state index < -0.39 is 34.6 Å². The maximum Gasteiger partial charge on any atom is 0.293 e. The summed E-state index contributed by atoms with van der Waals surface area (Å²) >= 11 is 0.752. The molecule has 10 heteroatoms. The second-order valence-electron chi connectivity index (χ2n) is 6.40. The van der Waals surface area contributed by atoms with Crippen LogP contribution in [0.5, 0.6) is 0 Å². The molecule has 160 valence electrons. The first-order valence-electron chi connectivity index (χ1n) is 9.15. The summed E-state index contributed by atoms with van der Waals surface area (Å²) < 4.78 is 26.5. The molecule has 0 radical (unpaired) electrons. The van der Waals surface area contributed by atoms with Crippen molar-refractivity contribution in [3.05, 3.63) is 76.2 Å². The largest absolute Gasteiger partial charge is 0.353 e. The van der Waals surface area contributed by atoms with E-state index in [9.17, 15) is 28.0 Å². The Bertz CT molecular complexity index is 1060. The van der Waals surface area contributed by atoms with Crippen LogP contribution in [0.25, 0.3) is 6.08 Å². The van der Waals surface area contributed by atoms with Gasteiger partial charge in [-0.05, 0) is 47.7 Å². The van der Waals surface area contributed by atoms with Crippen molar-refractivity contribution >= 4 is 40.8 Å². The Balaban J connectivity index is 1.46. The molecule has 0 saturated carbocycles. The van der Waals surface area contributed by atoms with Crippen molar-refractivity contribution in [2.45, 2.75) is 0 Å². The van der Waals surface area contributed by atoms with E-state index in [-0.39, 0.29) is 30.1 Å². The first kappa shape index (κ1) is 22.2. The highest BCUT2D eigenvalue weighted by Gasteiger charge is 2.34. The summed E-state index contributed by atoms with van der Waals surface area (Å²) in [5.41, 5.74) is 0.395. The summed E-state index contributed by atoms with van der Waals surface area (Å²) in [6, 6.07) is 10.8.